The molecule has 0 unspecified atom stereocenters. The van der Waals surface area contributed by atoms with Crippen LogP contribution in [-0.2, 0) is 11.3 Å². The zero-order valence-electron chi connectivity index (χ0n) is 12.0. The Balaban J connectivity index is 1.64. The molecule has 5 heteroatoms. The quantitative estimate of drug-likeness (QED) is 0.690. The van der Waals surface area contributed by atoms with Crippen molar-refractivity contribution in [2.45, 2.75) is 13.5 Å². The standard InChI is InChI=1S/C17H14N2O3/c1-12-7-9-14(10-8-12)17(20)21-11-15-18-19-16(22-15)13-5-3-2-4-6-13/h2-10H,11H2,1H3. The first-order valence-electron chi connectivity index (χ1n) is 6.84. The van der Waals surface area contributed by atoms with Crippen molar-refractivity contribution in [3.63, 3.8) is 0 Å². The summed E-state index contributed by atoms with van der Waals surface area (Å²) in [5, 5.41) is 7.82. The van der Waals surface area contributed by atoms with Crippen LogP contribution in [0.3, 0.4) is 0 Å². The molecule has 0 N–H and O–H groups in total. The predicted molar refractivity (Wildman–Crippen MR) is 80.0 cm³/mol. The van der Waals surface area contributed by atoms with Gasteiger partial charge in [-0.1, -0.05) is 35.9 Å². The zero-order chi connectivity index (χ0) is 15.4. The maximum atomic E-state index is 11.9. The summed E-state index contributed by atoms with van der Waals surface area (Å²) in [5.41, 5.74) is 2.40. The summed E-state index contributed by atoms with van der Waals surface area (Å²) in [4.78, 5) is 11.9. The van der Waals surface area contributed by atoms with E-state index in [1.807, 2.05) is 49.4 Å². The first kappa shape index (κ1) is 14.0. The highest BCUT2D eigenvalue weighted by Crippen LogP contribution is 2.17. The average molecular weight is 294 g/mol. The highest BCUT2D eigenvalue weighted by Gasteiger charge is 2.12. The fourth-order valence-electron chi connectivity index (χ4n) is 1.91. The van der Waals surface area contributed by atoms with E-state index in [4.69, 9.17) is 9.15 Å². The minimum atomic E-state index is -0.417. The van der Waals surface area contributed by atoms with Crippen LogP contribution in [0, 0.1) is 6.92 Å². The molecule has 0 aliphatic carbocycles. The Labute approximate surface area is 127 Å². The maximum absolute atomic E-state index is 11.9. The molecule has 3 aromatic rings. The highest BCUT2D eigenvalue weighted by molar-refractivity contribution is 5.89. The van der Waals surface area contributed by atoms with E-state index in [1.165, 1.54) is 0 Å². The molecule has 0 spiro atoms. The van der Waals surface area contributed by atoms with E-state index in [-0.39, 0.29) is 12.5 Å². The van der Waals surface area contributed by atoms with Crippen LogP contribution in [0.25, 0.3) is 11.5 Å². The lowest BCUT2D eigenvalue weighted by molar-refractivity contribution is 0.0438. The van der Waals surface area contributed by atoms with Crippen molar-refractivity contribution in [3.8, 4) is 11.5 Å². The number of carbonyl (C=O) groups excluding carboxylic acids is 1. The lowest BCUT2D eigenvalue weighted by Crippen LogP contribution is -2.05. The molecule has 0 atom stereocenters. The Bertz CT molecular complexity index is 764. The van der Waals surface area contributed by atoms with Gasteiger partial charge in [-0.25, -0.2) is 4.79 Å². The second kappa shape index (κ2) is 6.22. The number of aryl methyl sites for hydroxylation is 1. The molecule has 0 aliphatic rings. The third-order valence-electron chi connectivity index (χ3n) is 3.10. The van der Waals surface area contributed by atoms with Crippen molar-refractivity contribution in [2.24, 2.45) is 0 Å². The molecule has 1 heterocycles. The molecular formula is C17H14N2O3. The minimum absolute atomic E-state index is 0.0491. The minimum Gasteiger partial charge on any atom is -0.452 e. The van der Waals surface area contributed by atoms with Gasteiger partial charge in [0.25, 0.3) is 5.89 Å². The van der Waals surface area contributed by atoms with Gasteiger partial charge >= 0.3 is 5.97 Å². The van der Waals surface area contributed by atoms with Crippen LogP contribution in [-0.4, -0.2) is 16.2 Å². The third-order valence-corrected chi connectivity index (χ3v) is 3.10. The number of esters is 1. The van der Waals surface area contributed by atoms with E-state index in [1.54, 1.807) is 12.1 Å². The van der Waals surface area contributed by atoms with E-state index in [0.717, 1.165) is 11.1 Å². The first-order valence-corrected chi connectivity index (χ1v) is 6.84. The molecule has 0 amide bonds. The fourth-order valence-corrected chi connectivity index (χ4v) is 1.91. The Morgan fingerprint density at radius 3 is 2.50 bits per heavy atom. The van der Waals surface area contributed by atoms with Gasteiger partial charge in [0.1, 0.15) is 0 Å². The molecule has 0 fully saturated rings. The number of rotatable bonds is 4. The first-order chi connectivity index (χ1) is 10.7. The second-order valence-electron chi connectivity index (χ2n) is 4.81. The number of nitrogens with zero attached hydrogens (tertiary/aromatic N) is 2. The number of benzene rings is 2. The normalized spacial score (nSPS) is 10.4. The van der Waals surface area contributed by atoms with Crippen molar-refractivity contribution >= 4 is 5.97 Å². The van der Waals surface area contributed by atoms with Crippen molar-refractivity contribution in [1.29, 1.82) is 0 Å². The molecule has 0 saturated carbocycles. The smallest absolute Gasteiger partial charge is 0.338 e. The molecule has 0 aliphatic heterocycles. The van der Waals surface area contributed by atoms with Gasteiger partial charge in [-0.2, -0.15) is 0 Å². The van der Waals surface area contributed by atoms with Gasteiger partial charge in [0.05, 0.1) is 5.56 Å². The van der Waals surface area contributed by atoms with Crippen molar-refractivity contribution in [3.05, 3.63) is 71.6 Å². The van der Waals surface area contributed by atoms with Gasteiger partial charge in [-0.15, -0.1) is 10.2 Å². The van der Waals surface area contributed by atoms with Crippen LogP contribution < -0.4 is 0 Å². The van der Waals surface area contributed by atoms with E-state index in [9.17, 15) is 4.79 Å². The van der Waals surface area contributed by atoms with Crippen LogP contribution >= 0.6 is 0 Å². The lowest BCUT2D eigenvalue weighted by atomic mass is 10.1. The van der Waals surface area contributed by atoms with E-state index >= 15 is 0 Å². The van der Waals surface area contributed by atoms with Gasteiger partial charge in [0.2, 0.25) is 5.89 Å². The third kappa shape index (κ3) is 3.20. The predicted octanol–water partition coefficient (Wildman–Crippen LogP) is 3.40. The van der Waals surface area contributed by atoms with Crippen molar-refractivity contribution < 1.29 is 13.9 Å². The second-order valence-corrected chi connectivity index (χ2v) is 4.81. The highest BCUT2D eigenvalue weighted by atomic mass is 16.5. The zero-order valence-corrected chi connectivity index (χ0v) is 12.0. The average Bonchev–Trinajstić information content (AvgIpc) is 3.03. The Morgan fingerprint density at radius 2 is 1.77 bits per heavy atom. The molecule has 0 bridgehead atoms. The summed E-state index contributed by atoms with van der Waals surface area (Å²) >= 11 is 0. The SMILES string of the molecule is Cc1ccc(C(=O)OCc2nnc(-c3ccccc3)o2)cc1. The van der Waals surface area contributed by atoms with Crippen LogP contribution in [0.5, 0.6) is 0 Å². The molecule has 0 radical (unpaired) electrons. The van der Waals surface area contributed by atoms with E-state index in [0.29, 0.717) is 11.5 Å². The Morgan fingerprint density at radius 1 is 1.05 bits per heavy atom. The number of hydrogen-bond acceptors (Lipinski definition) is 5. The summed E-state index contributed by atoms with van der Waals surface area (Å²) in [7, 11) is 0. The van der Waals surface area contributed by atoms with Crippen LogP contribution in [0.2, 0.25) is 0 Å². The number of aromatic nitrogens is 2. The molecule has 2 aromatic carbocycles. The molecule has 3 rings (SSSR count). The summed E-state index contributed by atoms with van der Waals surface area (Å²) in [6, 6.07) is 16.6. The number of ether oxygens (including phenoxy) is 1. The van der Waals surface area contributed by atoms with Gasteiger partial charge in [0, 0.05) is 5.56 Å². The van der Waals surface area contributed by atoms with E-state index in [2.05, 4.69) is 10.2 Å². The molecule has 1 aromatic heterocycles. The van der Waals surface area contributed by atoms with Crippen LogP contribution in [0.4, 0.5) is 0 Å². The summed E-state index contributed by atoms with van der Waals surface area (Å²) in [6.07, 6.45) is 0. The molecule has 0 saturated heterocycles. The lowest BCUT2D eigenvalue weighted by Gasteiger charge is -2.02. The van der Waals surface area contributed by atoms with Gasteiger partial charge in [-0.3, -0.25) is 0 Å². The topological polar surface area (TPSA) is 65.2 Å². The van der Waals surface area contributed by atoms with Crippen LogP contribution in [0.1, 0.15) is 21.8 Å². The summed E-state index contributed by atoms with van der Waals surface area (Å²) in [6.45, 7) is 1.91. The Kier molecular flexibility index (Phi) is 3.96. The molecule has 22 heavy (non-hydrogen) atoms. The fraction of sp³-hybridized carbons (Fsp3) is 0.118. The largest absolute Gasteiger partial charge is 0.452 e. The molecule has 110 valence electrons. The number of carbonyl (C=O) groups is 1. The van der Waals surface area contributed by atoms with Gasteiger partial charge < -0.3 is 9.15 Å². The van der Waals surface area contributed by atoms with E-state index < -0.39 is 5.97 Å². The van der Waals surface area contributed by atoms with Gasteiger partial charge in [-0.05, 0) is 31.2 Å². The van der Waals surface area contributed by atoms with Crippen molar-refractivity contribution in [2.75, 3.05) is 0 Å². The molecular weight excluding hydrogens is 280 g/mol. The van der Waals surface area contributed by atoms with Crippen molar-refractivity contribution in [1.82, 2.24) is 10.2 Å². The van der Waals surface area contributed by atoms with Gasteiger partial charge in [0.15, 0.2) is 6.61 Å². The summed E-state index contributed by atoms with van der Waals surface area (Å²) in [5.74, 6) is 0.251. The summed E-state index contributed by atoms with van der Waals surface area (Å²) < 4.78 is 10.6. The molecule has 5 nitrogen and oxygen atoms in total. The maximum Gasteiger partial charge on any atom is 0.338 e. The monoisotopic (exact) mass is 294 g/mol. The number of hydrogen-bond donors (Lipinski definition) is 0. The van der Waals surface area contributed by atoms with Crippen LogP contribution in [0.15, 0.2) is 59.0 Å². The Hall–Kier alpha value is -2.95.